The zero-order valence-electron chi connectivity index (χ0n) is 10.4. The molecule has 0 aliphatic heterocycles. The van der Waals surface area contributed by atoms with E-state index >= 15 is 0 Å². The zero-order chi connectivity index (χ0) is 12.9. The van der Waals surface area contributed by atoms with Gasteiger partial charge in [0.15, 0.2) is 0 Å². The number of nitrogens with one attached hydrogen (secondary N) is 1. The lowest BCUT2D eigenvalue weighted by Gasteiger charge is -2.22. The van der Waals surface area contributed by atoms with Crippen molar-refractivity contribution >= 4 is 6.09 Å². The topological polar surface area (TPSA) is 71.7 Å². The van der Waals surface area contributed by atoms with Gasteiger partial charge < -0.3 is 19.6 Å². The predicted molar refractivity (Wildman–Crippen MR) is 62.7 cm³/mol. The first-order valence-electron chi connectivity index (χ1n) is 5.53. The number of furan rings is 1. The van der Waals surface area contributed by atoms with Gasteiger partial charge in [-0.25, -0.2) is 4.79 Å². The van der Waals surface area contributed by atoms with Crippen molar-refractivity contribution in [1.29, 1.82) is 0 Å². The van der Waals surface area contributed by atoms with Crippen LogP contribution in [-0.2, 0) is 11.2 Å². The number of hydrogen-bond donors (Lipinski definition) is 2. The molecule has 0 aliphatic carbocycles. The quantitative estimate of drug-likeness (QED) is 0.841. The van der Waals surface area contributed by atoms with Crippen LogP contribution in [0.15, 0.2) is 22.8 Å². The van der Waals surface area contributed by atoms with Gasteiger partial charge in [0.2, 0.25) is 0 Å². The van der Waals surface area contributed by atoms with Gasteiger partial charge in [-0.15, -0.1) is 0 Å². The number of carbonyl (C=O) groups is 1. The van der Waals surface area contributed by atoms with Crippen LogP contribution in [0.25, 0.3) is 0 Å². The molecular formula is C12H19NO4. The number of aliphatic hydroxyl groups excluding tert-OH is 1. The fourth-order valence-electron chi connectivity index (χ4n) is 1.31. The number of ether oxygens (including phenoxy) is 1. The lowest BCUT2D eigenvalue weighted by molar-refractivity contribution is 0.0481. The number of amides is 1. The largest absolute Gasteiger partial charge is 0.469 e. The van der Waals surface area contributed by atoms with E-state index in [0.29, 0.717) is 12.2 Å². The van der Waals surface area contributed by atoms with Crippen LogP contribution in [0.5, 0.6) is 0 Å². The van der Waals surface area contributed by atoms with Crippen LogP contribution >= 0.6 is 0 Å². The summed E-state index contributed by atoms with van der Waals surface area (Å²) in [5, 5.41) is 11.8. The molecule has 1 aromatic heterocycles. The van der Waals surface area contributed by atoms with Gasteiger partial charge in [0.25, 0.3) is 0 Å². The molecule has 1 aromatic rings. The van der Waals surface area contributed by atoms with Crippen LogP contribution in [0, 0.1) is 0 Å². The fourth-order valence-corrected chi connectivity index (χ4v) is 1.31. The summed E-state index contributed by atoms with van der Waals surface area (Å²) in [4.78, 5) is 11.5. The van der Waals surface area contributed by atoms with Crippen LogP contribution in [0.2, 0.25) is 0 Å². The normalized spacial score (nSPS) is 13.2. The Morgan fingerprint density at radius 1 is 1.59 bits per heavy atom. The summed E-state index contributed by atoms with van der Waals surface area (Å²) >= 11 is 0. The Kier molecular flexibility index (Phi) is 4.57. The molecule has 5 heteroatoms. The van der Waals surface area contributed by atoms with Crippen molar-refractivity contribution in [2.24, 2.45) is 0 Å². The Morgan fingerprint density at radius 3 is 2.76 bits per heavy atom. The summed E-state index contributed by atoms with van der Waals surface area (Å²) in [6, 6.07) is 3.15. The van der Waals surface area contributed by atoms with Crippen molar-refractivity contribution in [3.8, 4) is 0 Å². The molecule has 1 rings (SSSR count). The second kappa shape index (κ2) is 5.72. The van der Waals surface area contributed by atoms with E-state index in [2.05, 4.69) is 5.32 Å². The Bertz CT molecular complexity index is 340. The first kappa shape index (κ1) is 13.6. The highest BCUT2D eigenvalue weighted by molar-refractivity contribution is 5.68. The summed E-state index contributed by atoms with van der Waals surface area (Å²) < 4.78 is 10.2. The molecule has 96 valence electrons. The standard InChI is InChI=1S/C12H19NO4/c1-12(2,3)17-11(15)13-9(8-14)7-10-5-4-6-16-10/h4-6,9,14H,7-8H2,1-3H3,(H,13,15)/t9-/m0/s1. The average molecular weight is 241 g/mol. The number of aliphatic hydroxyl groups is 1. The van der Waals surface area contributed by atoms with Gasteiger partial charge in [-0.2, -0.15) is 0 Å². The van der Waals surface area contributed by atoms with Crippen molar-refractivity contribution in [2.75, 3.05) is 6.61 Å². The van der Waals surface area contributed by atoms with Crippen LogP contribution in [0.1, 0.15) is 26.5 Å². The van der Waals surface area contributed by atoms with E-state index in [1.165, 1.54) is 0 Å². The number of alkyl carbamates (subject to hydrolysis) is 1. The molecule has 0 saturated heterocycles. The van der Waals surface area contributed by atoms with Gasteiger partial charge >= 0.3 is 6.09 Å². The van der Waals surface area contributed by atoms with E-state index in [1.807, 2.05) is 0 Å². The minimum absolute atomic E-state index is 0.167. The number of hydrogen-bond acceptors (Lipinski definition) is 4. The van der Waals surface area contributed by atoms with Crippen molar-refractivity contribution in [1.82, 2.24) is 5.32 Å². The summed E-state index contributed by atoms with van der Waals surface area (Å²) in [6.07, 6.45) is 1.45. The maximum atomic E-state index is 11.5. The van der Waals surface area contributed by atoms with Gasteiger partial charge in [0.1, 0.15) is 11.4 Å². The van der Waals surface area contributed by atoms with Gasteiger partial charge in [0.05, 0.1) is 18.9 Å². The molecule has 1 amide bonds. The second-order valence-corrected chi connectivity index (χ2v) is 4.81. The van der Waals surface area contributed by atoms with Crippen molar-refractivity contribution in [3.63, 3.8) is 0 Å². The minimum atomic E-state index is -0.547. The van der Waals surface area contributed by atoms with Crippen LogP contribution < -0.4 is 5.32 Å². The van der Waals surface area contributed by atoms with Crippen molar-refractivity contribution in [2.45, 2.75) is 38.8 Å². The fraction of sp³-hybridized carbons (Fsp3) is 0.583. The highest BCUT2D eigenvalue weighted by Crippen LogP contribution is 2.08. The molecule has 0 unspecified atom stereocenters. The Balaban J connectivity index is 2.44. The highest BCUT2D eigenvalue weighted by Gasteiger charge is 2.19. The number of rotatable bonds is 4. The monoisotopic (exact) mass is 241 g/mol. The maximum Gasteiger partial charge on any atom is 0.407 e. The summed E-state index contributed by atoms with van der Waals surface area (Å²) in [6.45, 7) is 5.19. The molecule has 1 atom stereocenters. The molecule has 0 fully saturated rings. The Hall–Kier alpha value is -1.49. The third-order valence-corrected chi connectivity index (χ3v) is 1.97. The number of carbonyl (C=O) groups excluding carboxylic acids is 1. The molecule has 0 aromatic carbocycles. The van der Waals surface area contributed by atoms with E-state index in [0.717, 1.165) is 0 Å². The van der Waals surface area contributed by atoms with Crippen LogP contribution in [0.4, 0.5) is 4.79 Å². The Labute approximate surface area is 101 Å². The Morgan fingerprint density at radius 2 is 2.29 bits per heavy atom. The molecule has 0 spiro atoms. The minimum Gasteiger partial charge on any atom is -0.469 e. The SMILES string of the molecule is CC(C)(C)OC(=O)N[C@H](CO)Cc1ccco1. The second-order valence-electron chi connectivity index (χ2n) is 4.81. The molecule has 1 heterocycles. The molecule has 0 radical (unpaired) electrons. The van der Waals surface area contributed by atoms with E-state index in [1.54, 1.807) is 39.2 Å². The maximum absolute atomic E-state index is 11.5. The molecule has 0 saturated carbocycles. The van der Waals surface area contributed by atoms with E-state index < -0.39 is 17.7 Å². The van der Waals surface area contributed by atoms with Gasteiger partial charge in [-0.05, 0) is 32.9 Å². The van der Waals surface area contributed by atoms with Gasteiger partial charge in [-0.3, -0.25) is 0 Å². The lowest BCUT2D eigenvalue weighted by Crippen LogP contribution is -2.42. The predicted octanol–water partition coefficient (Wildman–Crippen LogP) is 1.71. The van der Waals surface area contributed by atoms with Crippen LogP contribution in [0.3, 0.4) is 0 Å². The van der Waals surface area contributed by atoms with E-state index in [4.69, 9.17) is 14.3 Å². The molecular weight excluding hydrogens is 222 g/mol. The molecule has 5 nitrogen and oxygen atoms in total. The summed E-state index contributed by atoms with van der Waals surface area (Å²) in [5.41, 5.74) is -0.547. The smallest absolute Gasteiger partial charge is 0.407 e. The van der Waals surface area contributed by atoms with E-state index in [-0.39, 0.29) is 6.61 Å². The third-order valence-electron chi connectivity index (χ3n) is 1.97. The molecule has 2 N–H and O–H groups in total. The lowest BCUT2D eigenvalue weighted by atomic mass is 10.2. The van der Waals surface area contributed by atoms with E-state index in [9.17, 15) is 4.79 Å². The van der Waals surface area contributed by atoms with Crippen LogP contribution in [-0.4, -0.2) is 29.4 Å². The van der Waals surface area contributed by atoms with Gasteiger partial charge in [0, 0.05) is 6.42 Å². The molecule has 0 bridgehead atoms. The first-order valence-corrected chi connectivity index (χ1v) is 5.53. The van der Waals surface area contributed by atoms with Crippen molar-refractivity contribution < 1.29 is 19.1 Å². The van der Waals surface area contributed by atoms with Gasteiger partial charge in [-0.1, -0.05) is 0 Å². The highest BCUT2D eigenvalue weighted by atomic mass is 16.6. The first-order chi connectivity index (χ1) is 7.90. The third kappa shape index (κ3) is 5.40. The molecule has 17 heavy (non-hydrogen) atoms. The zero-order valence-corrected chi connectivity index (χ0v) is 10.4. The average Bonchev–Trinajstić information content (AvgIpc) is 2.66. The summed E-state index contributed by atoms with van der Waals surface area (Å²) in [5.74, 6) is 0.708. The van der Waals surface area contributed by atoms with Crippen molar-refractivity contribution in [3.05, 3.63) is 24.2 Å². The summed E-state index contributed by atoms with van der Waals surface area (Å²) in [7, 11) is 0. The molecule has 0 aliphatic rings.